The Morgan fingerprint density at radius 2 is 1.78 bits per heavy atom. The highest BCUT2D eigenvalue weighted by Gasteiger charge is 2.44. The van der Waals surface area contributed by atoms with Crippen molar-refractivity contribution in [3.8, 4) is 0 Å². The molecule has 2 aliphatic heterocycles. The van der Waals surface area contributed by atoms with Crippen LogP contribution in [0.3, 0.4) is 0 Å². The van der Waals surface area contributed by atoms with Crippen molar-refractivity contribution < 1.29 is 17.2 Å². The third-order valence-corrected chi connectivity index (χ3v) is 6.86. The lowest BCUT2D eigenvalue weighted by Crippen LogP contribution is -2.62. The molecule has 0 unspecified atom stereocenters. The second-order valence-electron chi connectivity index (χ2n) is 7.15. The standard InChI is InChI=1S/C19H21F2N3O2S/c20-15-12-16(21)18-17(13-15)22-19(23-27(18,25)26)7-10-24(11-8-19)9-6-14-4-2-1-3-5-14/h1-5,12-13,22-23H,6-11H2. The fourth-order valence-corrected chi connectivity index (χ4v) is 5.42. The Hall–Kier alpha value is -2.03. The van der Waals surface area contributed by atoms with Gasteiger partial charge in [-0.1, -0.05) is 30.3 Å². The van der Waals surface area contributed by atoms with Crippen molar-refractivity contribution in [3.63, 3.8) is 0 Å². The largest absolute Gasteiger partial charge is 0.365 e. The molecule has 0 saturated carbocycles. The normalized spacial score (nSPS) is 20.8. The Kier molecular flexibility index (Phi) is 4.65. The quantitative estimate of drug-likeness (QED) is 0.842. The highest BCUT2D eigenvalue weighted by Crippen LogP contribution is 2.36. The van der Waals surface area contributed by atoms with Gasteiger partial charge in [-0.05, 0) is 30.9 Å². The topological polar surface area (TPSA) is 61.4 Å². The number of piperidine rings is 1. The van der Waals surface area contributed by atoms with Crippen molar-refractivity contribution in [3.05, 3.63) is 59.7 Å². The molecule has 0 radical (unpaired) electrons. The van der Waals surface area contributed by atoms with Gasteiger partial charge in [0, 0.05) is 25.7 Å². The van der Waals surface area contributed by atoms with Crippen LogP contribution in [0.5, 0.6) is 0 Å². The molecule has 27 heavy (non-hydrogen) atoms. The van der Waals surface area contributed by atoms with E-state index < -0.39 is 32.2 Å². The highest BCUT2D eigenvalue weighted by molar-refractivity contribution is 7.89. The van der Waals surface area contributed by atoms with Gasteiger partial charge in [0.1, 0.15) is 22.2 Å². The van der Waals surface area contributed by atoms with Crippen LogP contribution < -0.4 is 10.0 Å². The molecule has 0 bridgehead atoms. The molecule has 0 atom stereocenters. The summed E-state index contributed by atoms with van der Waals surface area (Å²) in [5, 5.41) is 3.05. The Labute approximate surface area is 157 Å². The van der Waals surface area contributed by atoms with Gasteiger partial charge in [-0.25, -0.2) is 17.2 Å². The Bertz CT molecular complexity index is 943. The van der Waals surface area contributed by atoms with Gasteiger partial charge in [0.25, 0.3) is 0 Å². The van der Waals surface area contributed by atoms with Crippen molar-refractivity contribution in [1.82, 2.24) is 9.62 Å². The number of nitrogens with one attached hydrogen (secondary N) is 2. The van der Waals surface area contributed by atoms with E-state index in [1.54, 1.807) is 0 Å². The molecule has 0 amide bonds. The zero-order chi connectivity index (χ0) is 19.1. The molecule has 1 spiro atoms. The van der Waals surface area contributed by atoms with Crippen LogP contribution in [0.2, 0.25) is 0 Å². The summed E-state index contributed by atoms with van der Waals surface area (Å²) < 4.78 is 55.3. The average Bonchev–Trinajstić information content (AvgIpc) is 2.60. The smallest absolute Gasteiger partial charge is 0.247 e. The van der Waals surface area contributed by atoms with Gasteiger partial charge in [0.05, 0.1) is 5.69 Å². The van der Waals surface area contributed by atoms with E-state index in [2.05, 4.69) is 27.1 Å². The molecular formula is C19H21F2N3O2S. The molecule has 5 nitrogen and oxygen atoms in total. The maximum absolute atomic E-state index is 14.0. The van der Waals surface area contributed by atoms with E-state index in [0.717, 1.165) is 19.0 Å². The van der Waals surface area contributed by atoms with Gasteiger partial charge in [-0.3, -0.25) is 0 Å². The summed E-state index contributed by atoms with van der Waals surface area (Å²) in [6, 6.07) is 11.8. The summed E-state index contributed by atoms with van der Waals surface area (Å²) >= 11 is 0. The second kappa shape index (κ2) is 6.85. The first-order valence-corrected chi connectivity index (χ1v) is 10.4. The summed E-state index contributed by atoms with van der Waals surface area (Å²) in [6.45, 7) is 2.26. The van der Waals surface area contributed by atoms with Crippen molar-refractivity contribution in [2.45, 2.75) is 29.8 Å². The maximum Gasteiger partial charge on any atom is 0.247 e. The Balaban J connectivity index is 1.47. The van der Waals surface area contributed by atoms with E-state index in [0.29, 0.717) is 32.0 Å². The molecular weight excluding hydrogens is 372 g/mol. The second-order valence-corrected chi connectivity index (χ2v) is 8.77. The summed E-state index contributed by atoms with van der Waals surface area (Å²) in [5.74, 6) is -1.88. The van der Waals surface area contributed by atoms with Crippen LogP contribution >= 0.6 is 0 Å². The van der Waals surface area contributed by atoms with Crippen LogP contribution in [-0.2, 0) is 16.4 Å². The van der Waals surface area contributed by atoms with Crippen LogP contribution in [0.4, 0.5) is 14.5 Å². The van der Waals surface area contributed by atoms with Crippen LogP contribution in [-0.4, -0.2) is 38.6 Å². The minimum atomic E-state index is -4.04. The lowest BCUT2D eigenvalue weighted by molar-refractivity contribution is 0.166. The molecule has 2 N–H and O–H groups in total. The van der Waals surface area contributed by atoms with Gasteiger partial charge in [-0.15, -0.1) is 0 Å². The summed E-state index contributed by atoms with van der Waals surface area (Å²) in [5.41, 5.74) is 0.341. The van der Waals surface area contributed by atoms with E-state index in [1.165, 1.54) is 5.56 Å². The third-order valence-electron chi connectivity index (χ3n) is 5.25. The monoisotopic (exact) mass is 393 g/mol. The fraction of sp³-hybridized carbons (Fsp3) is 0.368. The Morgan fingerprint density at radius 1 is 1.07 bits per heavy atom. The molecule has 2 aromatic carbocycles. The van der Waals surface area contributed by atoms with Crippen LogP contribution in [0.1, 0.15) is 18.4 Å². The number of anilines is 1. The molecule has 0 aliphatic carbocycles. The maximum atomic E-state index is 14.0. The van der Waals surface area contributed by atoms with Gasteiger partial charge in [0.15, 0.2) is 0 Å². The zero-order valence-electron chi connectivity index (χ0n) is 14.7. The van der Waals surface area contributed by atoms with E-state index in [1.807, 2.05) is 18.2 Å². The van der Waals surface area contributed by atoms with Crippen molar-refractivity contribution in [2.24, 2.45) is 0 Å². The van der Waals surface area contributed by atoms with E-state index >= 15 is 0 Å². The van der Waals surface area contributed by atoms with Crippen molar-refractivity contribution in [1.29, 1.82) is 0 Å². The minimum Gasteiger partial charge on any atom is -0.365 e. The molecule has 2 aromatic rings. The number of halogens is 2. The molecule has 1 saturated heterocycles. The Morgan fingerprint density at radius 3 is 2.48 bits per heavy atom. The van der Waals surface area contributed by atoms with Gasteiger partial charge >= 0.3 is 0 Å². The van der Waals surface area contributed by atoms with Gasteiger partial charge in [0.2, 0.25) is 10.0 Å². The number of hydrogen-bond acceptors (Lipinski definition) is 4. The van der Waals surface area contributed by atoms with E-state index in [4.69, 9.17) is 0 Å². The number of benzene rings is 2. The molecule has 2 heterocycles. The lowest BCUT2D eigenvalue weighted by atomic mass is 9.96. The SMILES string of the molecule is O=S1(=O)NC2(CCN(CCc3ccccc3)CC2)Nc2cc(F)cc(F)c21. The number of sulfonamides is 1. The van der Waals surface area contributed by atoms with Crippen molar-refractivity contribution in [2.75, 3.05) is 25.0 Å². The predicted octanol–water partition coefficient (Wildman–Crippen LogP) is 2.70. The number of fused-ring (bicyclic) bond motifs is 1. The molecule has 2 aliphatic rings. The zero-order valence-corrected chi connectivity index (χ0v) is 15.5. The summed E-state index contributed by atoms with van der Waals surface area (Å²) in [6.07, 6.45) is 1.95. The number of rotatable bonds is 3. The summed E-state index contributed by atoms with van der Waals surface area (Å²) in [7, 11) is -4.04. The predicted molar refractivity (Wildman–Crippen MR) is 98.9 cm³/mol. The van der Waals surface area contributed by atoms with Crippen LogP contribution in [0, 0.1) is 11.6 Å². The lowest BCUT2D eigenvalue weighted by Gasteiger charge is -2.45. The average molecular weight is 393 g/mol. The van der Waals surface area contributed by atoms with Crippen LogP contribution in [0.15, 0.2) is 47.4 Å². The van der Waals surface area contributed by atoms with E-state index in [9.17, 15) is 17.2 Å². The molecule has 8 heteroatoms. The fourth-order valence-electron chi connectivity index (χ4n) is 3.84. The summed E-state index contributed by atoms with van der Waals surface area (Å²) in [4.78, 5) is 1.76. The van der Waals surface area contributed by atoms with Crippen LogP contribution in [0.25, 0.3) is 0 Å². The van der Waals surface area contributed by atoms with Gasteiger partial charge < -0.3 is 10.2 Å². The molecule has 0 aromatic heterocycles. The number of hydrogen-bond donors (Lipinski definition) is 2. The van der Waals surface area contributed by atoms with Gasteiger partial charge in [-0.2, -0.15) is 4.72 Å². The minimum absolute atomic E-state index is 0.0102. The van der Waals surface area contributed by atoms with E-state index in [-0.39, 0.29) is 5.69 Å². The third kappa shape index (κ3) is 3.69. The number of nitrogens with zero attached hydrogens (tertiary/aromatic N) is 1. The van der Waals surface area contributed by atoms with Crippen molar-refractivity contribution >= 4 is 15.7 Å². The molecule has 1 fully saturated rings. The highest BCUT2D eigenvalue weighted by atomic mass is 32.2. The molecule has 144 valence electrons. The number of likely N-dealkylation sites (tertiary alicyclic amines) is 1. The molecule has 4 rings (SSSR count). The first-order valence-electron chi connectivity index (χ1n) is 8.94. The first-order chi connectivity index (χ1) is 12.9. The first kappa shape index (κ1) is 18.3.